The van der Waals surface area contributed by atoms with Gasteiger partial charge < -0.3 is 36.8 Å². The number of likely N-dealkylation sites (N-methyl/N-ethyl adjacent to an activating group) is 1. The van der Waals surface area contributed by atoms with Crippen molar-refractivity contribution in [2.75, 3.05) is 26.0 Å². The predicted octanol–water partition coefficient (Wildman–Crippen LogP) is 0.606. The van der Waals surface area contributed by atoms with E-state index in [2.05, 4.69) is 10.6 Å². The Morgan fingerprint density at radius 2 is 1.88 bits per heavy atom. The lowest BCUT2D eigenvalue weighted by Gasteiger charge is -2.50. The van der Waals surface area contributed by atoms with Gasteiger partial charge in [0.1, 0.15) is 22.9 Å². The number of phenols is 1. The zero-order chi connectivity index (χ0) is 29.3. The molecular weight excluding hydrogens is 563 g/mol. The summed E-state index contributed by atoms with van der Waals surface area (Å²) in [7, 11) is 2.98. The molecule has 8 N–H and O–H groups in total. The topological polar surface area (TPSA) is 203 Å². The molecule has 0 spiro atoms. The van der Waals surface area contributed by atoms with E-state index in [1.54, 1.807) is 0 Å². The zero-order valence-corrected chi connectivity index (χ0v) is 23.2. The number of nitrogens with zero attached hydrogens (tertiary/aromatic N) is 1. The normalized spacial score (nSPS) is 29.4. The molecule has 0 bridgehead atoms. The number of fused-ring (bicyclic) bond motifs is 3. The number of rotatable bonds is 4. The first-order valence-corrected chi connectivity index (χ1v) is 13.0. The lowest BCUT2D eigenvalue weighted by atomic mass is 9.57. The van der Waals surface area contributed by atoms with Crippen molar-refractivity contribution < 1.29 is 44.0 Å². The number of aliphatic hydroxyl groups is 3. The molecule has 3 aliphatic carbocycles. The number of ketones is 2. The molecule has 2 amide bonds. The van der Waals surface area contributed by atoms with Crippen molar-refractivity contribution >= 4 is 47.2 Å². The fraction of sp³-hybridized carbons (Fsp3) is 0.481. The number of anilines is 1. The number of hydrogen-bond acceptors (Lipinski definition) is 10. The summed E-state index contributed by atoms with van der Waals surface area (Å²) in [5, 5.41) is 50.3. The van der Waals surface area contributed by atoms with Gasteiger partial charge in [-0.05, 0) is 52.2 Å². The summed E-state index contributed by atoms with van der Waals surface area (Å²) in [6.07, 6.45) is 1.92. The number of piperidine rings is 1. The number of aromatic hydroxyl groups is 1. The number of carbonyl (C=O) groups is 4. The number of amides is 2. The highest BCUT2D eigenvalue weighted by Crippen LogP contribution is 2.53. The quantitative estimate of drug-likeness (QED) is 0.191. The molecule has 1 aromatic carbocycles. The highest BCUT2D eigenvalue weighted by Gasteiger charge is 2.64. The Balaban J connectivity index is 0.00000387. The van der Waals surface area contributed by atoms with E-state index in [1.165, 1.54) is 19.0 Å². The van der Waals surface area contributed by atoms with Gasteiger partial charge in [0, 0.05) is 23.1 Å². The summed E-state index contributed by atoms with van der Waals surface area (Å²) in [6.45, 7) is 0.627. The minimum Gasteiger partial charge on any atom is -0.508 e. The van der Waals surface area contributed by atoms with E-state index in [9.17, 15) is 39.6 Å². The second kappa shape index (κ2) is 10.7. The summed E-state index contributed by atoms with van der Waals surface area (Å²) in [4.78, 5) is 53.1. The molecular formula is C27H32ClFN4O8. The minimum atomic E-state index is -2.79. The smallest absolute Gasteiger partial charge is 0.255 e. The third-order valence-corrected chi connectivity index (χ3v) is 8.55. The van der Waals surface area contributed by atoms with E-state index < -0.39 is 92.7 Å². The van der Waals surface area contributed by atoms with Crippen LogP contribution in [0.1, 0.15) is 36.8 Å². The molecule has 1 aliphatic heterocycles. The molecule has 0 aromatic heterocycles. The van der Waals surface area contributed by atoms with Gasteiger partial charge in [-0.25, -0.2) is 4.39 Å². The SMILES string of the molecule is CN(C)[C@@H]1C(=O)C(C(N)=O)=C(O)[C@@]2(O)C(=O)C3=C(O)c4c(O)c(NC(=O)[C@H]5CCCCN5)cc(F)c4C[C@H]3C[C@@H]12.Cl. The Kier molecular flexibility index (Phi) is 7.95. The average Bonchev–Trinajstić information content (AvgIpc) is 2.89. The Hall–Kier alpha value is -3.52. The van der Waals surface area contributed by atoms with Crippen LogP contribution in [0.2, 0.25) is 0 Å². The molecule has 1 saturated heterocycles. The number of phenolic OH excluding ortho intramolecular Hbond substituents is 1. The molecule has 41 heavy (non-hydrogen) atoms. The number of primary amides is 1. The molecule has 5 rings (SSSR count). The lowest BCUT2D eigenvalue weighted by molar-refractivity contribution is -0.153. The molecule has 1 aromatic rings. The zero-order valence-electron chi connectivity index (χ0n) is 22.4. The maximum Gasteiger partial charge on any atom is 0.255 e. The highest BCUT2D eigenvalue weighted by atomic mass is 35.5. The standard InChI is InChI=1S/C27H31FN4O8.ClH/c1-32(2)19-12-8-10-7-11-13(28)9-15(31-26(39)14-5-3-4-6-30-14)20(33)17(11)21(34)16(10)23(36)27(12,40)24(37)18(22(19)35)25(29)38;/h9-10,12,14,19,30,33-34,37,40H,3-8H2,1-2H3,(H2,29,38)(H,31,39);1H/t10-,12-,14+,19-,27-;/m0./s1. The van der Waals surface area contributed by atoms with Gasteiger partial charge in [0.2, 0.25) is 11.7 Å². The lowest BCUT2D eigenvalue weighted by Crippen LogP contribution is -2.65. The summed E-state index contributed by atoms with van der Waals surface area (Å²) >= 11 is 0. The second-order valence-electron chi connectivity index (χ2n) is 11.1. The van der Waals surface area contributed by atoms with E-state index in [4.69, 9.17) is 5.73 Å². The van der Waals surface area contributed by atoms with Gasteiger partial charge in [0.05, 0.1) is 23.3 Å². The van der Waals surface area contributed by atoms with Gasteiger partial charge in [-0.2, -0.15) is 0 Å². The molecule has 222 valence electrons. The van der Waals surface area contributed by atoms with Crippen molar-refractivity contribution in [2.24, 2.45) is 17.6 Å². The van der Waals surface area contributed by atoms with Crippen molar-refractivity contribution in [1.29, 1.82) is 0 Å². The first-order chi connectivity index (χ1) is 18.8. The van der Waals surface area contributed by atoms with Crippen LogP contribution in [0.25, 0.3) is 5.76 Å². The maximum absolute atomic E-state index is 15.4. The third kappa shape index (κ3) is 4.47. The van der Waals surface area contributed by atoms with E-state index in [-0.39, 0.29) is 36.5 Å². The Labute approximate surface area is 240 Å². The molecule has 1 heterocycles. The first kappa shape index (κ1) is 30.4. The van der Waals surface area contributed by atoms with Crippen LogP contribution in [0, 0.1) is 17.7 Å². The molecule has 0 unspecified atom stereocenters. The maximum atomic E-state index is 15.4. The Morgan fingerprint density at radius 3 is 2.46 bits per heavy atom. The van der Waals surface area contributed by atoms with Crippen LogP contribution in [0.15, 0.2) is 23.0 Å². The number of benzene rings is 1. The summed E-state index contributed by atoms with van der Waals surface area (Å²) < 4.78 is 15.4. The number of hydrogen-bond donors (Lipinski definition) is 7. The van der Waals surface area contributed by atoms with Crippen LogP contribution in [-0.4, -0.2) is 87.0 Å². The fourth-order valence-electron chi connectivity index (χ4n) is 6.66. The highest BCUT2D eigenvalue weighted by molar-refractivity contribution is 6.24. The molecule has 14 heteroatoms. The number of carbonyl (C=O) groups excluding carboxylic acids is 4. The third-order valence-electron chi connectivity index (χ3n) is 8.55. The van der Waals surface area contributed by atoms with Crippen LogP contribution in [-0.2, 0) is 25.6 Å². The number of halogens is 2. The second-order valence-corrected chi connectivity index (χ2v) is 11.1. The van der Waals surface area contributed by atoms with Crippen LogP contribution in [0.4, 0.5) is 10.1 Å². The van der Waals surface area contributed by atoms with E-state index >= 15 is 4.39 Å². The van der Waals surface area contributed by atoms with E-state index in [0.717, 1.165) is 18.9 Å². The van der Waals surface area contributed by atoms with Gasteiger partial charge in [0.25, 0.3) is 5.91 Å². The van der Waals surface area contributed by atoms with Gasteiger partial charge in [-0.3, -0.25) is 24.1 Å². The number of Topliss-reactive ketones (excluding diaryl/α,β-unsaturated/α-hetero) is 2. The largest absolute Gasteiger partial charge is 0.508 e. The summed E-state index contributed by atoms with van der Waals surface area (Å²) in [5.74, 6) is -9.63. The van der Waals surface area contributed by atoms with Gasteiger partial charge in [0.15, 0.2) is 17.1 Å². The number of aliphatic hydroxyl groups excluding tert-OH is 2. The Bertz CT molecular complexity index is 1420. The molecule has 1 saturated carbocycles. The molecule has 5 atom stereocenters. The monoisotopic (exact) mass is 594 g/mol. The fourth-order valence-corrected chi connectivity index (χ4v) is 6.66. The van der Waals surface area contributed by atoms with Gasteiger partial charge in [-0.1, -0.05) is 6.42 Å². The van der Waals surface area contributed by atoms with Crippen LogP contribution in [0.5, 0.6) is 5.75 Å². The summed E-state index contributed by atoms with van der Waals surface area (Å²) in [6, 6.07) is -0.849. The molecule has 2 fully saturated rings. The van der Waals surface area contributed by atoms with Crippen molar-refractivity contribution in [2.45, 2.75) is 49.8 Å². The Morgan fingerprint density at radius 1 is 1.20 bits per heavy atom. The van der Waals surface area contributed by atoms with Crippen LogP contribution < -0.4 is 16.4 Å². The molecule has 12 nitrogen and oxygen atoms in total. The van der Waals surface area contributed by atoms with E-state index in [0.29, 0.717) is 13.0 Å². The minimum absolute atomic E-state index is 0. The predicted molar refractivity (Wildman–Crippen MR) is 146 cm³/mol. The summed E-state index contributed by atoms with van der Waals surface area (Å²) in [5.41, 5.74) is 0.342. The van der Waals surface area contributed by atoms with Gasteiger partial charge in [-0.15, -0.1) is 12.4 Å². The van der Waals surface area contributed by atoms with E-state index in [1.807, 2.05) is 0 Å². The van der Waals surface area contributed by atoms with Crippen molar-refractivity contribution in [3.63, 3.8) is 0 Å². The number of nitrogens with one attached hydrogen (secondary N) is 2. The first-order valence-electron chi connectivity index (χ1n) is 13.0. The van der Waals surface area contributed by atoms with Crippen molar-refractivity contribution in [3.05, 3.63) is 39.9 Å². The van der Waals surface area contributed by atoms with Crippen LogP contribution >= 0.6 is 12.4 Å². The van der Waals surface area contributed by atoms with Crippen molar-refractivity contribution in [3.8, 4) is 5.75 Å². The van der Waals surface area contributed by atoms with Crippen LogP contribution in [0.3, 0.4) is 0 Å². The van der Waals surface area contributed by atoms with Crippen molar-refractivity contribution in [1.82, 2.24) is 10.2 Å². The van der Waals surface area contributed by atoms with Gasteiger partial charge >= 0.3 is 0 Å². The average molecular weight is 595 g/mol. The molecule has 4 aliphatic rings. The number of nitrogens with two attached hydrogens (primary N) is 1. The molecule has 0 radical (unpaired) electrons.